The van der Waals surface area contributed by atoms with Gasteiger partial charge in [0.2, 0.25) is 0 Å². The zero-order valence-electron chi connectivity index (χ0n) is 37.8. The molecule has 0 fully saturated rings. The van der Waals surface area contributed by atoms with E-state index in [9.17, 15) is 14.3 Å². The van der Waals surface area contributed by atoms with Crippen LogP contribution in [0.1, 0.15) is 194 Å². The van der Waals surface area contributed by atoms with E-state index in [0.29, 0.717) is 24.1 Å². The van der Waals surface area contributed by atoms with E-state index in [1.807, 2.05) is 21.1 Å². The molecule has 0 spiro atoms. The number of carbonyl (C=O) groups excluding carboxylic acids is 1. The van der Waals surface area contributed by atoms with Crippen molar-refractivity contribution >= 4 is 13.8 Å². The van der Waals surface area contributed by atoms with Gasteiger partial charge in [-0.2, -0.15) is 0 Å². The lowest BCUT2D eigenvalue weighted by Crippen LogP contribution is -2.37. The van der Waals surface area contributed by atoms with Crippen LogP contribution in [0.5, 0.6) is 0 Å². The van der Waals surface area contributed by atoms with E-state index in [1.165, 1.54) is 116 Å². The van der Waals surface area contributed by atoms with Gasteiger partial charge in [-0.15, -0.1) is 0 Å². The van der Waals surface area contributed by atoms with Crippen LogP contribution in [-0.2, 0) is 27.9 Å². The predicted octanol–water partition coefficient (Wildman–Crippen LogP) is 13.9. The molecule has 0 aromatic heterocycles. The maximum absolute atomic E-state index is 12.7. The molecule has 0 aliphatic carbocycles. The van der Waals surface area contributed by atoms with Gasteiger partial charge < -0.3 is 18.9 Å². The molecule has 0 heterocycles. The second kappa shape index (κ2) is 41.2. The van der Waals surface area contributed by atoms with Crippen LogP contribution in [0.25, 0.3) is 0 Å². The third-order valence-corrected chi connectivity index (χ3v) is 10.9. The van der Waals surface area contributed by atoms with Gasteiger partial charge in [-0.05, 0) is 51.4 Å². The van der Waals surface area contributed by atoms with E-state index in [0.717, 1.165) is 57.8 Å². The Morgan fingerprint density at radius 3 is 1.53 bits per heavy atom. The number of hydrogen-bond acceptors (Lipinski definition) is 6. The van der Waals surface area contributed by atoms with E-state index >= 15 is 0 Å². The molecule has 0 aromatic rings. The van der Waals surface area contributed by atoms with Crippen LogP contribution < -0.4 is 0 Å². The number of unbranched alkanes of at least 4 members (excludes halogenated alkanes) is 21. The Kier molecular flexibility index (Phi) is 40.1. The van der Waals surface area contributed by atoms with E-state index in [4.69, 9.17) is 18.5 Å². The quantitative estimate of drug-likeness (QED) is 0.0215. The van der Waals surface area contributed by atoms with Crippen LogP contribution in [0.3, 0.4) is 0 Å². The summed E-state index contributed by atoms with van der Waals surface area (Å²) in [5.74, 6) is -0.316. The maximum Gasteiger partial charge on any atom is 0.472 e. The van der Waals surface area contributed by atoms with Crippen LogP contribution in [0, 0.1) is 0 Å². The van der Waals surface area contributed by atoms with E-state index in [2.05, 4.69) is 62.5 Å². The summed E-state index contributed by atoms with van der Waals surface area (Å²) in [5.41, 5.74) is 0. The lowest BCUT2D eigenvalue weighted by Gasteiger charge is -2.24. The van der Waals surface area contributed by atoms with Crippen molar-refractivity contribution in [1.29, 1.82) is 0 Å². The fourth-order valence-electron chi connectivity index (χ4n) is 6.31. The number of carbonyl (C=O) groups is 1. The molecule has 0 aliphatic rings. The van der Waals surface area contributed by atoms with Gasteiger partial charge in [-0.3, -0.25) is 13.8 Å². The second-order valence-corrected chi connectivity index (χ2v) is 18.2. The Morgan fingerprint density at radius 1 is 0.561 bits per heavy atom. The summed E-state index contributed by atoms with van der Waals surface area (Å²) in [6.07, 6.45) is 50.0. The van der Waals surface area contributed by atoms with Crippen molar-refractivity contribution in [3.05, 3.63) is 48.6 Å². The first-order chi connectivity index (χ1) is 27.6. The Bertz CT molecular complexity index is 1050. The maximum atomic E-state index is 12.7. The number of ether oxygens (including phenoxy) is 2. The number of phosphoric acid groups is 1. The average Bonchev–Trinajstić information content (AvgIpc) is 3.16. The highest BCUT2D eigenvalue weighted by Gasteiger charge is 2.26. The molecule has 0 radical (unpaired) electrons. The molecule has 2 atom stereocenters. The highest BCUT2D eigenvalue weighted by atomic mass is 31.2. The first kappa shape index (κ1) is 55.5. The summed E-state index contributed by atoms with van der Waals surface area (Å²) in [6, 6.07) is 0. The number of likely N-dealkylation sites (N-methyl/N-ethyl adjacent to an activating group) is 1. The van der Waals surface area contributed by atoms with Crippen molar-refractivity contribution in [3.63, 3.8) is 0 Å². The lowest BCUT2D eigenvalue weighted by molar-refractivity contribution is -0.870. The fraction of sp³-hybridized carbons (Fsp3) is 0.812. The first-order valence-electron chi connectivity index (χ1n) is 23.4. The minimum Gasteiger partial charge on any atom is -0.457 e. The molecular formula is C48H91NO7P+. The molecule has 0 rings (SSSR count). The SMILES string of the molecule is CC/C=C\C/C=C\C/C=C\C/C=C\CCCCCCCCCCCOCC(COP(=O)(O)OCC[N+](C)(C)C)OC(=O)CCCCCCCCCCCCCCC. The molecule has 1 N–H and O–H groups in total. The highest BCUT2D eigenvalue weighted by molar-refractivity contribution is 7.47. The Labute approximate surface area is 352 Å². The largest absolute Gasteiger partial charge is 0.472 e. The van der Waals surface area contributed by atoms with Crippen molar-refractivity contribution < 1.29 is 37.3 Å². The summed E-state index contributed by atoms with van der Waals surface area (Å²) in [5, 5.41) is 0. The highest BCUT2D eigenvalue weighted by Crippen LogP contribution is 2.43. The Balaban J connectivity index is 4.16. The first-order valence-corrected chi connectivity index (χ1v) is 24.9. The lowest BCUT2D eigenvalue weighted by atomic mass is 10.0. The number of nitrogens with zero attached hydrogens (tertiary/aromatic N) is 1. The van der Waals surface area contributed by atoms with Gasteiger partial charge in [-0.1, -0.05) is 184 Å². The third kappa shape index (κ3) is 45.4. The topological polar surface area (TPSA) is 91.3 Å². The third-order valence-electron chi connectivity index (χ3n) is 9.90. The van der Waals surface area contributed by atoms with Gasteiger partial charge >= 0.3 is 13.8 Å². The summed E-state index contributed by atoms with van der Waals surface area (Å²) in [7, 11) is 1.66. The van der Waals surface area contributed by atoms with Crippen LogP contribution in [0.2, 0.25) is 0 Å². The zero-order chi connectivity index (χ0) is 42.0. The predicted molar refractivity (Wildman–Crippen MR) is 243 cm³/mol. The molecule has 2 unspecified atom stereocenters. The van der Waals surface area contributed by atoms with Gasteiger partial charge in [0.15, 0.2) is 0 Å². The number of phosphoric ester groups is 1. The average molecular weight is 825 g/mol. The summed E-state index contributed by atoms with van der Waals surface area (Å²) in [4.78, 5) is 22.9. The number of hydrogen-bond donors (Lipinski definition) is 1. The van der Waals surface area contributed by atoms with E-state index < -0.39 is 13.9 Å². The molecule has 0 bridgehead atoms. The Hall–Kier alpha value is -1.54. The number of quaternary nitrogens is 1. The molecular weight excluding hydrogens is 734 g/mol. The minimum absolute atomic E-state index is 0.0873. The number of allylic oxidation sites excluding steroid dienone is 8. The number of rotatable bonds is 43. The van der Waals surface area contributed by atoms with Crippen LogP contribution in [0.4, 0.5) is 0 Å². The second-order valence-electron chi connectivity index (χ2n) is 16.8. The zero-order valence-corrected chi connectivity index (χ0v) is 38.7. The van der Waals surface area contributed by atoms with Crippen molar-refractivity contribution in [2.45, 2.75) is 200 Å². The van der Waals surface area contributed by atoms with Crippen LogP contribution in [-0.4, -0.2) is 75.6 Å². The molecule has 8 nitrogen and oxygen atoms in total. The minimum atomic E-state index is -4.28. The van der Waals surface area contributed by atoms with Crippen molar-refractivity contribution in [1.82, 2.24) is 0 Å². The molecule has 0 aliphatic heterocycles. The smallest absolute Gasteiger partial charge is 0.457 e. The van der Waals surface area contributed by atoms with Crippen molar-refractivity contribution in [3.8, 4) is 0 Å². The summed E-state index contributed by atoms with van der Waals surface area (Å²) in [6.45, 7) is 5.51. The molecule has 0 aromatic carbocycles. The summed E-state index contributed by atoms with van der Waals surface area (Å²) >= 11 is 0. The number of esters is 1. The van der Waals surface area contributed by atoms with Gasteiger partial charge in [0.25, 0.3) is 0 Å². The summed E-state index contributed by atoms with van der Waals surface area (Å²) < 4.78 is 35.0. The van der Waals surface area contributed by atoms with Gasteiger partial charge in [0.1, 0.15) is 19.3 Å². The normalized spacial score (nSPS) is 14.1. The van der Waals surface area contributed by atoms with Gasteiger partial charge in [0.05, 0.1) is 34.4 Å². The van der Waals surface area contributed by atoms with Crippen molar-refractivity contribution in [2.24, 2.45) is 0 Å². The van der Waals surface area contributed by atoms with E-state index in [1.54, 1.807) is 0 Å². The molecule has 0 amide bonds. The molecule has 9 heteroatoms. The van der Waals surface area contributed by atoms with Crippen LogP contribution >= 0.6 is 7.82 Å². The molecule has 334 valence electrons. The Morgan fingerprint density at radius 2 is 1.02 bits per heavy atom. The van der Waals surface area contributed by atoms with E-state index in [-0.39, 0.29) is 25.8 Å². The van der Waals surface area contributed by atoms with Gasteiger partial charge in [-0.25, -0.2) is 4.57 Å². The standard InChI is InChI=1S/C48H90NO7P/c1-6-8-10-12-14-16-18-20-21-22-23-24-25-26-27-28-30-32-34-36-38-40-43-53-45-47(46-55-57(51,52)54-44-42-49(3,4)5)56-48(50)41-39-37-35-33-31-29-19-17-15-13-11-9-7-2/h8,10,14,16,20-21,23-24,47H,6-7,9,11-13,15,17-19,22,25-46H2,1-5H3/p+1/b10-8-,16-14-,21-20-,24-23-. The van der Waals surface area contributed by atoms with Crippen molar-refractivity contribution in [2.75, 3.05) is 54.1 Å². The molecule has 0 saturated heterocycles. The molecule has 57 heavy (non-hydrogen) atoms. The fourth-order valence-corrected chi connectivity index (χ4v) is 7.05. The van der Waals surface area contributed by atoms with Gasteiger partial charge in [0, 0.05) is 13.0 Å². The molecule has 0 saturated carbocycles. The monoisotopic (exact) mass is 825 g/mol. The van der Waals surface area contributed by atoms with Crippen LogP contribution in [0.15, 0.2) is 48.6 Å².